The van der Waals surface area contributed by atoms with Crippen LogP contribution in [0.4, 0.5) is 18.9 Å². The lowest BCUT2D eigenvalue weighted by Crippen LogP contribution is -2.20. The van der Waals surface area contributed by atoms with Crippen molar-refractivity contribution in [2.75, 3.05) is 18.0 Å². The van der Waals surface area contributed by atoms with Gasteiger partial charge in [-0.15, -0.1) is 0 Å². The summed E-state index contributed by atoms with van der Waals surface area (Å²) >= 11 is 0. The van der Waals surface area contributed by atoms with Gasteiger partial charge in [0, 0.05) is 13.0 Å². The molecule has 2 rings (SSSR count). The second-order valence-electron chi connectivity index (χ2n) is 3.61. The standard InChI is InChI=1S/C10H9F3N2O/c11-10(12,13)9-2-1-7(5-14-9)15-4-3-8(16)6-15/h1-2,5H,3-4,6H2. The van der Waals surface area contributed by atoms with Gasteiger partial charge in [-0.1, -0.05) is 0 Å². The highest BCUT2D eigenvalue weighted by atomic mass is 19.4. The third-order valence-corrected chi connectivity index (χ3v) is 2.43. The lowest BCUT2D eigenvalue weighted by Gasteiger charge is -2.16. The van der Waals surface area contributed by atoms with Gasteiger partial charge in [0.15, 0.2) is 5.78 Å². The molecule has 6 heteroatoms. The average Bonchev–Trinajstić information content (AvgIpc) is 2.64. The van der Waals surface area contributed by atoms with E-state index >= 15 is 0 Å². The fraction of sp³-hybridized carbons (Fsp3) is 0.400. The highest BCUT2D eigenvalue weighted by Crippen LogP contribution is 2.28. The molecular formula is C10H9F3N2O. The smallest absolute Gasteiger partial charge is 0.363 e. The number of rotatable bonds is 1. The number of carbonyl (C=O) groups is 1. The Bertz CT molecular complexity index is 400. The molecule has 1 aromatic heterocycles. The second-order valence-corrected chi connectivity index (χ2v) is 3.61. The van der Waals surface area contributed by atoms with Crippen LogP contribution in [0.5, 0.6) is 0 Å². The molecule has 0 spiro atoms. The molecule has 16 heavy (non-hydrogen) atoms. The Balaban J connectivity index is 2.17. The minimum Gasteiger partial charge on any atom is -0.363 e. The maximum Gasteiger partial charge on any atom is 0.433 e. The first-order valence-electron chi connectivity index (χ1n) is 4.77. The Hall–Kier alpha value is -1.59. The van der Waals surface area contributed by atoms with E-state index in [1.165, 1.54) is 6.07 Å². The summed E-state index contributed by atoms with van der Waals surface area (Å²) in [5.41, 5.74) is -0.361. The highest BCUT2D eigenvalue weighted by Gasteiger charge is 2.32. The van der Waals surface area contributed by atoms with Gasteiger partial charge in [0.1, 0.15) is 5.69 Å². The lowest BCUT2D eigenvalue weighted by molar-refractivity contribution is -0.141. The Morgan fingerprint density at radius 2 is 2.06 bits per heavy atom. The van der Waals surface area contributed by atoms with Crippen LogP contribution in [0.15, 0.2) is 18.3 Å². The number of carbonyl (C=O) groups excluding carboxylic acids is 1. The van der Waals surface area contributed by atoms with Gasteiger partial charge in [-0.25, -0.2) is 4.98 Å². The molecule has 0 N–H and O–H groups in total. The number of hydrogen-bond donors (Lipinski definition) is 0. The first kappa shape index (κ1) is 10.9. The fourth-order valence-corrected chi connectivity index (χ4v) is 1.59. The summed E-state index contributed by atoms with van der Waals surface area (Å²) in [6.45, 7) is 0.804. The van der Waals surface area contributed by atoms with Gasteiger partial charge in [-0.05, 0) is 12.1 Å². The summed E-state index contributed by atoms with van der Waals surface area (Å²) in [4.78, 5) is 16.1. The number of Topliss-reactive ketones (excluding diaryl/α,β-unsaturated/α-hetero) is 1. The van der Waals surface area contributed by atoms with E-state index in [1.807, 2.05) is 0 Å². The van der Waals surface area contributed by atoms with Gasteiger partial charge in [0.05, 0.1) is 18.4 Å². The predicted molar refractivity (Wildman–Crippen MR) is 51.1 cm³/mol. The summed E-state index contributed by atoms with van der Waals surface area (Å²) in [5.74, 6) is 0.0971. The van der Waals surface area contributed by atoms with E-state index in [-0.39, 0.29) is 12.3 Å². The molecule has 0 aromatic carbocycles. The molecule has 0 amide bonds. The van der Waals surface area contributed by atoms with Crippen molar-refractivity contribution in [3.05, 3.63) is 24.0 Å². The molecule has 0 aliphatic carbocycles. The molecule has 1 fully saturated rings. The maximum absolute atomic E-state index is 12.2. The van der Waals surface area contributed by atoms with Crippen molar-refractivity contribution >= 4 is 11.5 Å². The molecule has 1 aromatic rings. The van der Waals surface area contributed by atoms with Crippen LogP contribution in [0.1, 0.15) is 12.1 Å². The van der Waals surface area contributed by atoms with Crippen LogP contribution in [0.3, 0.4) is 0 Å². The van der Waals surface area contributed by atoms with Crippen LogP contribution in [0.2, 0.25) is 0 Å². The van der Waals surface area contributed by atoms with Crippen molar-refractivity contribution in [3.8, 4) is 0 Å². The number of aromatic nitrogens is 1. The average molecular weight is 230 g/mol. The molecule has 1 aliphatic rings. The number of nitrogens with zero attached hydrogens (tertiary/aromatic N) is 2. The molecule has 0 bridgehead atoms. The SMILES string of the molecule is O=C1CCN(c2ccc(C(F)(F)F)nc2)C1. The highest BCUT2D eigenvalue weighted by molar-refractivity contribution is 5.87. The van der Waals surface area contributed by atoms with Crippen molar-refractivity contribution in [2.45, 2.75) is 12.6 Å². The quantitative estimate of drug-likeness (QED) is 0.738. The summed E-state index contributed by atoms with van der Waals surface area (Å²) in [5, 5.41) is 0. The zero-order valence-corrected chi connectivity index (χ0v) is 8.29. The van der Waals surface area contributed by atoms with Crippen molar-refractivity contribution in [3.63, 3.8) is 0 Å². The van der Waals surface area contributed by atoms with E-state index in [0.717, 1.165) is 12.3 Å². The van der Waals surface area contributed by atoms with Crippen LogP contribution in [0.25, 0.3) is 0 Å². The third-order valence-electron chi connectivity index (χ3n) is 2.43. The van der Waals surface area contributed by atoms with Crippen LogP contribution >= 0.6 is 0 Å². The number of halogens is 3. The second kappa shape index (κ2) is 3.77. The van der Waals surface area contributed by atoms with Gasteiger partial charge >= 0.3 is 6.18 Å². The summed E-state index contributed by atoms with van der Waals surface area (Å²) in [6.07, 6.45) is -2.82. The number of hydrogen-bond acceptors (Lipinski definition) is 3. The molecule has 2 heterocycles. The molecule has 0 radical (unpaired) electrons. The zero-order chi connectivity index (χ0) is 11.8. The zero-order valence-electron chi connectivity index (χ0n) is 8.29. The molecule has 1 saturated heterocycles. The predicted octanol–water partition coefficient (Wildman–Crippen LogP) is 1.88. The van der Waals surface area contributed by atoms with E-state index in [9.17, 15) is 18.0 Å². The Labute approximate surface area is 89.9 Å². The topological polar surface area (TPSA) is 33.2 Å². The van der Waals surface area contributed by atoms with Gasteiger partial charge in [0.2, 0.25) is 0 Å². The molecule has 3 nitrogen and oxygen atoms in total. The van der Waals surface area contributed by atoms with Crippen molar-refractivity contribution < 1.29 is 18.0 Å². The van der Waals surface area contributed by atoms with Gasteiger partial charge in [0.25, 0.3) is 0 Å². The lowest BCUT2D eigenvalue weighted by atomic mass is 10.3. The summed E-state index contributed by atoms with van der Waals surface area (Å²) in [7, 11) is 0. The normalized spacial score (nSPS) is 16.9. The molecule has 0 atom stereocenters. The van der Waals surface area contributed by atoms with E-state index < -0.39 is 11.9 Å². The van der Waals surface area contributed by atoms with E-state index in [1.54, 1.807) is 4.90 Å². The molecule has 0 unspecified atom stereocenters. The number of pyridine rings is 1. The van der Waals surface area contributed by atoms with Gasteiger partial charge in [-0.2, -0.15) is 13.2 Å². The minimum absolute atomic E-state index is 0.0971. The first-order chi connectivity index (χ1) is 7.47. The number of anilines is 1. The van der Waals surface area contributed by atoms with Crippen LogP contribution in [-0.2, 0) is 11.0 Å². The van der Waals surface area contributed by atoms with Crippen LogP contribution in [0, 0.1) is 0 Å². The summed E-state index contributed by atoms with van der Waals surface area (Å²) < 4.78 is 36.7. The molecule has 0 saturated carbocycles. The van der Waals surface area contributed by atoms with E-state index in [2.05, 4.69) is 4.98 Å². The summed E-state index contributed by atoms with van der Waals surface area (Å²) in [6, 6.07) is 2.27. The molecule has 86 valence electrons. The number of ketones is 1. The number of alkyl halides is 3. The van der Waals surface area contributed by atoms with Gasteiger partial charge < -0.3 is 4.90 Å². The van der Waals surface area contributed by atoms with Gasteiger partial charge in [-0.3, -0.25) is 4.79 Å². The Kier molecular flexibility index (Phi) is 2.57. The Morgan fingerprint density at radius 1 is 1.31 bits per heavy atom. The fourth-order valence-electron chi connectivity index (χ4n) is 1.59. The van der Waals surface area contributed by atoms with Crippen LogP contribution in [-0.4, -0.2) is 23.9 Å². The van der Waals surface area contributed by atoms with Crippen molar-refractivity contribution in [2.24, 2.45) is 0 Å². The van der Waals surface area contributed by atoms with E-state index in [4.69, 9.17) is 0 Å². The minimum atomic E-state index is -4.42. The molecule has 1 aliphatic heterocycles. The molecular weight excluding hydrogens is 221 g/mol. The third kappa shape index (κ3) is 2.15. The first-order valence-corrected chi connectivity index (χ1v) is 4.77. The largest absolute Gasteiger partial charge is 0.433 e. The Morgan fingerprint density at radius 3 is 2.50 bits per heavy atom. The van der Waals surface area contributed by atoms with Crippen LogP contribution < -0.4 is 4.90 Å². The maximum atomic E-state index is 12.2. The van der Waals surface area contributed by atoms with Crippen molar-refractivity contribution in [1.82, 2.24) is 4.98 Å². The monoisotopic (exact) mass is 230 g/mol. The van der Waals surface area contributed by atoms with Crippen molar-refractivity contribution in [1.29, 1.82) is 0 Å². The van der Waals surface area contributed by atoms with E-state index in [0.29, 0.717) is 18.7 Å².